The molecule has 0 spiro atoms. The van der Waals surface area contributed by atoms with Gasteiger partial charge in [-0.2, -0.15) is 14.4 Å². The van der Waals surface area contributed by atoms with Crippen LogP contribution >= 0.6 is 22.6 Å². The highest BCUT2D eigenvalue weighted by Gasteiger charge is 2.29. The van der Waals surface area contributed by atoms with Gasteiger partial charge >= 0.3 is 6.08 Å². The number of nitrogens with zero attached hydrogens (tertiary/aromatic N) is 4. The van der Waals surface area contributed by atoms with Crippen molar-refractivity contribution in [1.82, 2.24) is 24.8 Å². The number of hydrogen-bond acceptors (Lipinski definition) is 6. The van der Waals surface area contributed by atoms with Crippen molar-refractivity contribution in [3.63, 3.8) is 0 Å². The Kier molecular flexibility index (Phi) is 5.11. The Hall–Kier alpha value is -2.63. The molecule has 3 N–H and O–H groups in total. The molecule has 160 valence electrons. The minimum Gasteiger partial charge on any atom is -0.382 e. The largest absolute Gasteiger partial charge is 0.382 e. The van der Waals surface area contributed by atoms with Crippen LogP contribution < -0.4 is 11.1 Å². The molecule has 1 aromatic carbocycles. The molecular weight excluding hydrogens is 514 g/mol. The van der Waals surface area contributed by atoms with Gasteiger partial charge in [0, 0.05) is 41.0 Å². The molecule has 0 saturated heterocycles. The number of benzene rings is 1. The van der Waals surface area contributed by atoms with Crippen LogP contribution in [-0.2, 0) is 24.2 Å². The quantitative estimate of drug-likeness (QED) is 0.371. The second-order valence-electron chi connectivity index (χ2n) is 8.00. The van der Waals surface area contributed by atoms with Gasteiger partial charge in [-0.15, -0.1) is 0 Å². The fourth-order valence-corrected chi connectivity index (χ4v) is 4.73. The number of aromatic nitrogens is 4. The molecule has 1 fully saturated rings. The SMILES string of the molecule is Nc1nc(F)nc2c1nc(Cc1cc3c(cc1I)CCC3=O)n2CCNC(=O)C1CC1. The number of aryl methyl sites for hydroxylation is 1. The van der Waals surface area contributed by atoms with E-state index in [2.05, 4.69) is 42.9 Å². The number of Topliss-reactive ketones (excluding diaryl/α,β-unsaturated/α-hetero) is 1. The molecule has 2 aliphatic rings. The van der Waals surface area contributed by atoms with E-state index in [0.29, 0.717) is 42.9 Å². The van der Waals surface area contributed by atoms with E-state index in [0.717, 1.165) is 39.5 Å². The summed E-state index contributed by atoms with van der Waals surface area (Å²) in [6.45, 7) is 0.750. The molecule has 0 aliphatic heterocycles. The van der Waals surface area contributed by atoms with Gasteiger partial charge in [0.2, 0.25) is 5.91 Å². The van der Waals surface area contributed by atoms with Crippen LogP contribution in [0.3, 0.4) is 0 Å². The number of nitrogens with one attached hydrogen (secondary N) is 1. The highest BCUT2D eigenvalue weighted by molar-refractivity contribution is 14.1. The van der Waals surface area contributed by atoms with E-state index in [4.69, 9.17) is 5.73 Å². The van der Waals surface area contributed by atoms with Crippen LogP contribution in [0.2, 0.25) is 0 Å². The number of ketones is 1. The second-order valence-corrected chi connectivity index (χ2v) is 9.16. The molecule has 31 heavy (non-hydrogen) atoms. The van der Waals surface area contributed by atoms with Crippen LogP contribution in [0.1, 0.15) is 46.6 Å². The number of carbonyl (C=O) groups is 2. The van der Waals surface area contributed by atoms with Crippen LogP contribution in [0, 0.1) is 15.6 Å². The number of rotatable bonds is 6. The first-order chi connectivity index (χ1) is 14.9. The van der Waals surface area contributed by atoms with Crippen LogP contribution in [0.5, 0.6) is 0 Å². The van der Waals surface area contributed by atoms with Crippen molar-refractivity contribution in [3.05, 3.63) is 44.3 Å². The molecule has 0 atom stereocenters. The molecule has 0 radical (unpaired) electrons. The average molecular weight is 534 g/mol. The number of nitrogens with two attached hydrogens (primary N) is 1. The topological polar surface area (TPSA) is 116 Å². The van der Waals surface area contributed by atoms with Crippen molar-refractivity contribution in [2.45, 2.75) is 38.6 Å². The van der Waals surface area contributed by atoms with Gasteiger partial charge in [-0.1, -0.05) is 0 Å². The third-order valence-corrected chi connectivity index (χ3v) is 6.80. The Morgan fingerprint density at radius 2 is 2.06 bits per heavy atom. The van der Waals surface area contributed by atoms with E-state index in [1.54, 1.807) is 4.57 Å². The van der Waals surface area contributed by atoms with Gasteiger partial charge < -0.3 is 15.6 Å². The molecule has 8 nitrogen and oxygen atoms in total. The highest BCUT2D eigenvalue weighted by Crippen LogP contribution is 2.30. The van der Waals surface area contributed by atoms with Crippen molar-refractivity contribution in [3.8, 4) is 0 Å². The number of fused-ring (bicyclic) bond motifs is 2. The molecule has 0 unspecified atom stereocenters. The maximum Gasteiger partial charge on any atom is 0.312 e. The summed E-state index contributed by atoms with van der Waals surface area (Å²) >= 11 is 2.26. The Balaban J connectivity index is 1.50. The average Bonchev–Trinajstić information content (AvgIpc) is 3.45. The Bertz CT molecular complexity index is 1240. The Labute approximate surface area is 191 Å². The third-order valence-electron chi connectivity index (χ3n) is 5.80. The van der Waals surface area contributed by atoms with Crippen molar-refractivity contribution in [1.29, 1.82) is 0 Å². The van der Waals surface area contributed by atoms with Crippen LogP contribution in [0.4, 0.5) is 10.2 Å². The van der Waals surface area contributed by atoms with Gasteiger partial charge in [0.25, 0.3) is 0 Å². The van der Waals surface area contributed by atoms with Crippen molar-refractivity contribution < 1.29 is 14.0 Å². The third kappa shape index (κ3) is 3.88. The number of amides is 1. The van der Waals surface area contributed by atoms with Gasteiger partial charge in [0.15, 0.2) is 22.8 Å². The van der Waals surface area contributed by atoms with E-state index >= 15 is 0 Å². The van der Waals surface area contributed by atoms with Gasteiger partial charge in [0.05, 0.1) is 0 Å². The fraction of sp³-hybridized carbons (Fsp3) is 0.381. The van der Waals surface area contributed by atoms with Gasteiger partial charge in [-0.05, 0) is 65.1 Å². The summed E-state index contributed by atoms with van der Waals surface area (Å²) < 4.78 is 16.7. The zero-order valence-corrected chi connectivity index (χ0v) is 18.8. The molecule has 1 saturated carbocycles. The summed E-state index contributed by atoms with van der Waals surface area (Å²) in [7, 11) is 0. The summed E-state index contributed by atoms with van der Waals surface area (Å²) in [4.78, 5) is 36.3. The molecule has 1 amide bonds. The monoisotopic (exact) mass is 534 g/mol. The summed E-state index contributed by atoms with van der Waals surface area (Å²) in [6, 6.07) is 3.98. The van der Waals surface area contributed by atoms with E-state index < -0.39 is 6.08 Å². The molecule has 0 bridgehead atoms. The normalized spacial score (nSPS) is 15.5. The maximum absolute atomic E-state index is 13.9. The molecule has 2 heterocycles. The lowest BCUT2D eigenvalue weighted by molar-refractivity contribution is -0.122. The first-order valence-corrected chi connectivity index (χ1v) is 11.3. The number of carbonyl (C=O) groups excluding carboxylic acids is 2. The number of hydrogen-bond donors (Lipinski definition) is 2. The summed E-state index contributed by atoms with van der Waals surface area (Å²) in [5.41, 5.74) is 9.32. The Morgan fingerprint density at radius 1 is 1.26 bits per heavy atom. The first kappa shape index (κ1) is 20.3. The molecular formula is C21H20FIN6O2. The standard InChI is InChI=1S/C21H20FIN6O2/c22-21-27-18(24)17-19(28-21)29(6-5-25-20(31)10-1-2-10)16(26-17)9-12-7-13-11(8-14(12)23)3-4-15(13)30/h7-8,10H,1-6,9H2,(H,25,31)(H2,24,27,28). The lowest BCUT2D eigenvalue weighted by atomic mass is 10.0. The smallest absolute Gasteiger partial charge is 0.312 e. The molecule has 10 heteroatoms. The number of imidazole rings is 1. The lowest BCUT2D eigenvalue weighted by Gasteiger charge is -2.12. The van der Waals surface area contributed by atoms with Crippen molar-refractivity contribution in [2.75, 3.05) is 12.3 Å². The van der Waals surface area contributed by atoms with E-state index in [1.165, 1.54) is 0 Å². The number of anilines is 1. The maximum atomic E-state index is 13.9. The van der Waals surface area contributed by atoms with Gasteiger partial charge in [0.1, 0.15) is 5.82 Å². The van der Waals surface area contributed by atoms with Crippen LogP contribution in [0.25, 0.3) is 11.2 Å². The molecule has 5 rings (SSSR count). The fourth-order valence-electron chi connectivity index (χ4n) is 4.00. The summed E-state index contributed by atoms with van der Waals surface area (Å²) in [5.74, 6) is 0.910. The molecule has 2 aliphatic carbocycles. The number of nitrogen functional groups attached to an aromatic ring is 1. The lowest BCUT2D eigenvalue weighted by Crippen LogP contribution is -2.29. The predicted molar refractivity (Wildman–Crippen MR) is 120 cm³/mol. The molecule has 2 aromatic heterocycles. The van der Waals surface area contributed by atoms with Gasteiger partial charge in [-0.25, -0.2) is 4.98 Å². The van der Waals surface area contributed by atoms with Gasteiger partial charge in [-0.3, -0.25) is 9.59 Å². The minimum absolute atomic E-state index is 0.0247. The Morgan fingerprint density at radius 3 is 2.84 bits per heavy atom. The van der Waals surface area contributed by atoms with E-state index in [1.807, 2.05) is 12.1 Å². The zero-order chi connectivity index (χ0) is 21.7. The van der Waals surface area contributed by atoms with Crippen LogP contribution in [0.15, 0.2) is 12.1 Å². The number of halogens is 2. The predicted octanol–water partition coefficient (Wildman–Crippen LogP) is 2.40. The summed E-state index contributed by atoms with van der Waals surface area (Å²) in [6.07, 6.45) is 2.67. The second kappa shape index (κ2) is 7.81. The summed E-state index contributed by atoms with van der Waals surface area (Å²) in [5, 5.41) is 2.92. The highest BCUT2D eigenvalue weighted by atomic mass is 127. The van der Waals surface area contributed by atoms with Crippen molar-refractivity contribution >= 4 is 51.3 Å². The minimum atomic E-state index is -0.919. The van der Waals surface area contributed by atoms with Crippen LogP contribution in [-0.4, -0.2) is 37.8 Å². The molecule has 3 aromatic rings. The first-order valence-electron chi connectivity index (χ1n) is 10.2. The van der Waals surface area contributed by atoms with E-state index in [9.17, 15) is 14.0 Å². The zero-order valence-electron chi connectivity index (χ0n) is 16.6. The van der Waals surface area contributed by atoms with Crippen molar-refractivity contribution in [2.24, 2.45) is 5.92 Å². The van der Waals surface area contributed by atoms with E-state index in [-0.39, 0.29) is 23.4 Å².